The van der Waals surface area contributed by atoms with Crippen LogP contribution < -0.4 is 20.5 Å². The number of hydrogen-bond acceptors (Lipinski definition) is 7. The van der Waals surface area contributed by atoms with Gasteiger partial charge >= 0.3 is 0 Å². The van der Waals surface area contributed by atoms with Crippen molar-refractivity contribution in [3.63, 3.8) is 0 Å². The molecule has 8 nitrogen and oxygen atoms in total. The number of anilines is 1. The molecule has 0 saturated heterocycles. The molecule has 3 N–H and O–H groups in total. The summed E-state index contributed by atoms with van der Waals surface area (Å²) in [6.07, 6.45) is 2.75. The summed E-state index contributed by atoms with van der Waals surface area (Å²) in [4.78, 5) is 21.2. The van der Waals surface area contributed by atoms with Gasteiger partial charge < -0.3 is 24.9 Å². The Bertz CT molecular complexity index is 1070. The van der Waals surface area contributed by atoms with Crippen molar-refractivity contribution in [2.75, 3.05) is 18.5 Å². The maximum absolute atomic E-state index is 12.9. The van der Waals surface area contributed by atoms with Crippen molar-refractivity contribution in [1.29, 1.82) is 0 Å². The maximum Gasteiger partial charge on any atom is 0.278 e. The number of rotatable bonds is 8. The van der Waals surface area contributed by atoms with Gasteiger partial charge in [0.2, 0.25) is 5.89 Å². The molecule has 0 radical (unpaired) electrons. The van der Waals surface area contributed by atoms with Crippen LogP contribution in [-0.2, 0) is 0 Å². The van der Waals surface area contributed by atoms with Crippen molar-refractivity contribution in [3.8, 4) is 23.0 Å². The summed E-state index contributed by atoms with van der Waals surface area (Å²) >= 11 is 12.2. The molecule has 3 rings (SSSR count). The van der Waals surface area contributed by atoms with E-state index in [2.05, 4.69) is 15.3 Å². The number of nitrogens with zero attached hydrogens (tertiary/aromatic N) is 2. The third-order valence-corrected chi connectivity index (χ3v) is 4.74. The maximum atomic E-state index is 12.9. The summed E-state index contributed by atoms with van der Waals surface area (Å²) in [6.45, 7) is 6.41. The minimum Gasteiger partial charge on any atom is -0.490 e. The predicted octanol–water partition coefficient (Wildman–Crippen LogP) is 5.96. The standard InChI is InChI=1S/C21H22Cl2N4O4.2ClH/c1-4-29-15-7-6-12(8-16(15)30-5-2)21-27-18(19(31-21)11(3)24)20(28)26-17-13(22)9-25-10-14(17)23;;/h6-11H,4-5,24H2,1-3H3,(H,25,26,28);2*1H/t11-;;/m0../s1. The molecule has 0 aliphatic heterocycles. The number of carbonyl (C=O) groups is 1. The van der Waals surface area contributed by atoms with Crippen LogP contribution in [-0.4, -0.2) is 29.1 Å². The summed E-state index contributed by atoms with van der Waals surface area (Å²) < 4.78 is 17.1. The zero-order chi connectivity index (χ0) is 22.5. The summed E-state index contributed by atoms with van der Waals surface area (Å²) in [5.41, 5.74) is 6.88. The van der Waals surface area contributed by atoms with Crippen molar-refractivity contribution >= 4 is 59.6 Å². The second-order valence-corrected chi connectivity index (χ2v) is 7.29. The van der Waals surface area contributed by atoms with E-state index in [4.69, 9.17) is 42.8 Å². The van der Waals surface area contributed by atoms with Gasteiger partial charge in [-0.15, -0.1) is 24.8 Å². The van der Waals surface area contributed by atoms with Crippen molar-refractivity contribution in [2.24, 2.45) is 5.73 Å². The highest BCUT2D eigenvalue weighted by Crippen LogP contribution is 2.35. The molecule has 33 heavy (non-hydrogen) atoms. The number of amides is 1. The SMILES string of the molecule is CCOc1ccc(-c2nc(C(=O)Nc3c(Cl)cncc3Cl)c([C@H](C)N)o2)cc1OCC.Cl.Cl. The van der Waals surface area contributed by atoms with E-state index in [0.717, 1.165) is 0 Å². The first kappa shape index (κ1) is 28.8. The molecule has 12 heteroatoms. The highest BCUT2D eigenvalue weighted by atomic mass is 35.5. The lowest BCUT2D eigenvalue weighted by atomic mass is 10.2. The molecule has 0 spiro atoms. The van der Waals surface area contributed by atoms with Crippen LogP contribution in [0.15, 0.2) is 35.0 Å². The smallest absolute Gasteiger partial charge is 0.278 e. The number of oxazole rings is 1. The van der Waals surface area contributed by atoms with E-state index in [1.165, 1.54) is 12.4 Å². The number of halogens is 4. The van der Waals surface area contributed by atoms with E-state index in [1.807, 2.05) is 13.8 Å². The Kier molecular flexibility index (Phi) is 11.2. The van der Waals surface area contributed by atoms with Gasteiger partial charge in [-0.05, 0) is 39.0 Å². The molecule has 0 saturated carbocycles. The summed E-state index contributed by atoms with van der Waals surface area (Å²) in [6, 6.07) is 4.68. The Morgan fingerprint density at radius 2 is 1.73 bits per heavy atom. The number of nitrogens with two attached hydrogens (primary N) is 1. The molecule has 0 fully saturated rings. The Hall–Kier alpha value is -2.23. The molecule has 2 aromatic heterocycles. The first-order valence-electron chi connectivity index (χ1n) is 9.62. The van der Waals surface area contributed by atoms with E-state index < -0.39 is 11.9 Å². The van der Waals surface area contributed by atoms with E-state index in [0.29, 0.717) is 30.3 Å². The molecule has 180 valence electrons. The van der Waals surface area contributed by atoms with Crippen LogP contribution in [0.1, 0.15) is 43.1 Å². The molecule has 0 unspecified atom stereocenters. The fourth-order valence-electron chi connectivity index (χ4n) is 2.81. The molecule has 0 aliphatic carbocycles. The van der Waals surface area contributed by atoms with Crippen LogP contribution in [0.25, 0.3) is 11.5 Å². The predicted molar refractivity (Wildman–Crippen MR) is 134 cm³/mol. The fraction of sp³-hybridized carbons (Fsp3) is 0.286. The topological polar surface area (TPSA) is 112 Å². The van der Waals surface area contributed by atoms with Crippen LogP contribution in [0.4, 0.5) is 5.69 Å². The average molecular weight is 538 g/mol. The molecule has 1 amide bonds. The van der Waals surface area contributed by atoms with Crippen LogP contribution in [0.3, 0.4) is 0 Å². The number of benzene rings is 1. The third-order valence-electron chi connectivity index (χ3n) is 4.16. The molecule has 2 heterocycles. The zero-order valence-electron chi connectivity index (χ0n) is 18.1. The summed E-state index contributed by atoms with van der Waals surface area (Å²) in [5, 5.41) is 3.04. The minimum atomic E-state index is -0.584. The van der Waals surface area contributed by atoms with Gasteiger partial charge in [0.05, 0.1) is 35.0 Å². The van der Waals surface area contributed by atoms with Gasteiger partial charge in [0.1, 0.15) is 0 Å². The highest BCUT2D eigenvalue weighted by Gasteiger charge is 2.25. The van der Waals surface area contributed by atoms with E-state index in [-0.39, 0.29) is 57.9 Å². The van der Waals surface area contributed by atoms with Gasteiger partial charge in [0.15, 0.2) is 23.0 Å². The van der Waals surface area contributed by atoms with E-state index in [1.54, 1.807) is 25.1 Å². The monoisotopic (exact) mass is 536 g/mol. The molecule has 3 aromatic rings. The van der Waals surface area contributed by atoms with Gasteiger partial charge in [-0.2, -0.15) is 0 Å². The van der Waals surface area contributed by atoms with Crippen molar-refractivity contribution < 1.29 is 18.7 Å². The number of nitrogens with one attached hydrogen (secondary N) is 1. The molecule has 0 aliphatic rings. The normalized spacial score (nSPS) is 11.1. The van der Waals surface area contributed by atoms with Crippen LogP contribution in [0, 0.1) is 0 Å². The molecule has 1 aromatic carbocycles. The van der Waals surface area contributed by atoms with E-state index in [9.17, 15) is 4.79 Å². The Labute approximate surface area is 214 Å². The van der Waals surface area contributed by atoms with Crippen molar-refractivity contribution in [2.45, 2.75) is 26.8 Å². The third kappa shape index (κ3) is 6.65. The first-order chi connectivity index (χ1) is 14.8. The number of carbonyl (C=O) groups excluding carboxylic acids is 1. The Morgan fingerprint density at radius 1 is 1.12 bits per heavy atom. The van der Waals surface area contributed by atoms with Gasteiger partial charge in [-0.1, -0.05) is 23.2 Å². The zero-order valence-corrected chi connectivity index (χ0v) is 21.2. The van der Waals surface area contributed by atoms with Gasteiger partial charge in [-0.3, -0.25) is 9.78 Å². The van der Waals surface area contributed by atoms with Crippen molar-refractivity contribution in [1.82, 2.24) is 9.97 Å². The second kappa shape index (κ2) is 12.9. The van der Waals surface area contributed by atoms with Crippen LogP contribution >= 0.6 is 48.0 Å². The van der Waals surface area contributed by atoms with Gasteiger partial charge in [0, 0.05) is 18.0 Å². The number of ether oxygens (including phenoxy) is 2. The number of pyridine rings is 1. The average Bonchev–Trinajstić information content (AvgIpc) is 3.18. The molecular weight excluding hydrogens is 514 g/mol. The first-order valence-corrected chi connectivity index (χ1v) is 10.4. The van der Waals surface area contributed by atoms with Crippen molar-refractivity contribution in [3.05, 3.63) is 52.1 Å². The van der Waals surface area contributed by atoms with E-state index >= 15 is 0 Å². The number of aromatic nitrogens is 2. The Morgan fingerprint density at radius 3 is 2.30 bits per heavy atom. The molecular formula is C21H24Cl4N4O4. The quantitative estimate of drug-likeness (QED) is 0.364. The lowest BCUT2D eigenvalue weighted by Crippen LogP contribution is -2.17. The van der Waals surface area contributed by atoms with Gasteiger partial charge in [-0.25, -0.2) is 4.98 Å². The lowest BCUT2D eigenvalue weighted by molar-refractivity contribution is 0.102. The molecule has 1 atom stereocenters. The molecule has 0 bridgehead atoms. The fourth-order valence-corrected chi connectivity index (χ4v) is 3.27. The van der Waals surface area contributed by atoms with Crippen LogP contribution in [0.5, 0.6) is 11.5 Å². The lowest BCUT2D eigenvalue weighted by Gasteiger charge is -2.11. The number of hydrogen-bond donors (Lipinski definition) is 2. The Balaban J connectivity index is 0.00000272. The summed E-state index contributed by atoms with van der Waals surface area (Å²) in [7, 11) is 0. The second-order valence-electron chi connectivity index (χ2n) is 6.48. The highest BCUT2D eigenvalue weighted by molar-refractivity contribution is 6.39. The summed E-state index contributed by atoms with van der Waals surface area (Å²) in [5.74, 6) is 1.03. The van der Waals surface area contributed by atoms with Gasteiger partial charge in [0.25, 0.3) is 5.91 Å². The minimum absolute atomic E-state index is 0. The largest absolute Gasteiger partial charge is 0.490 e. The van der Waals surface area contributed by atoms with Crippen LogP contribution in [0.2, 0.25) is 10.0 Å².